The molecule has 0 aromatic carbocycles. The normalized spacial score (nSPS) is 12.4. The quantitative estimate of drug-likeness (QED) is 0.530. The van der Waals surface area contributed by atoms with E-state index >= 15 is 0 Å². The van der Waals surface area contributed by atoms with Crippen LogP contribution in [-0.2, 0) is 4.79 Å². The van der Waals surface area contributed by atoms with Crippen LogP contribution in [0, 0.1) is 0 Å². The Bertz CT molecular complexity index is 446. The van der Waals surface area contributed by atoms with Crippen LogP contribution < -0.4 is 11.2 Å². The summed E-state index contributed by atoms with van der Waals surface area (Å²) in [5, 5.41) is 17.3. The molecule has 14 heavy (non-hydrogen) atoms. The summed E-state index contributed by atoms with van der Waals surface area (Å²) in [6, 6.07) is -0.369. The van der Waals surface area contributed by atoms with Gasteiger partial charge < -0.3 is 10.2 Å². The van der Waals surface area contributed by atoms with E-state index in [0.717, 1.165) is 16.8 Å². The summed E-state index contributed by atoms with van der Waals surface area (Å²) < 4.78 is 0.740. The monoisotopic (exact) mass is 200 g/mol. The highest BCUT2D eigenvalue weighted by atomic mass is 16.4. The van der Waals surface area contributed by atoms with Gasteiger partial charge in [0.1, 0.15) is 0 Å². The van der Waals surface area contributed by atoms with Crippen LogP contribution in [0.25, 0.3) is 0 Å². The lowest BCUT2D eigenvalue weighted by Crippen LogP contribution is -2.36. The maximum absolute atomic E-state index is 11.1. The molecule has 0 bridgehead atoms. The Morgan fingerprint density at radius 3 is 2.64 bits per heavy atom. The summed E-state index contributed by atoms with van der Waals surface area (Å²) in [6.07, 6.45) is 1.02. The Labute approximate surface area is 77.2 Å². The Hall–Kier alpha value is -1.89. The number of aromatic amines is 1. The van der Waals surface area contributed by atoms with E-state index in [4.69, 9.17) is 10.2 Å². The van der Waals surface area contributed by atoms with Crippen molar-refractivity contribution in [1.29, 1.82) is 0 Å². The fourth-order valence-electron chi connectivity index (χ4n) is 0.958. The van der Waals surface area contributed by atoms with E-state index in [1.54, 1.807) is 0 Å². The number of H-pyrrole nitrogens is 1. The van der Waals surface area contributed by atoms with E-state index in [1.807, 2.05) is 4.98 Å². The minimum absolute atomic E-state index is 0.617. The molecule has 0 fully saturated rings. The van der Waals surface area contributed by atoms with Crippen LogP contribution in [0.5, 0.6) is 0 Å². The zero-order valence-electron chi connectivity index (χ0n) is 7.01. The topological polar surface area (TPSA) is 112 Å². The van der Waals surface area contributed by atoms with Gasteiger partial charge in [-0.15, -0.1) is 0 Å². The summed E-state index contributed by atoms with van der Waals surface area (Å²) in [6.45, 7) is -0.721. The SMILES string of the molecule is O=C(O)C(CO)n1ccc(=O)[nH]c1=O. The number of carbonyl (C=O) groups is 1. The number of aliphatic carboxylic acids is 1. The van der Waals surface area contributed by atoms with Crippen LogP contribution in [0.3, 0.4) is 0 Å². The first-order chi connectivity index (χ1) is 6.56. The van der Waals surface area contributed by atoms with Crippen molar-refractivity contribution in [2.75, 3.05) is 6.61 Å². The highest BCUT2D eigenvalue weighted by molar-refractivity contribution is 5.71. The van der Waals surface area contributed by atoms with E-state index in [9.17, 15) is 14.4 Å². The predicted molar refractivity (Wildman–Crippen MR) is 45.1 cm³/mol. The minimum Gasteiger partial charge on any atom is -0.480 e. The average Bonchev–Trinajstić information content (AvgIpc) is 2.09. The van der Waals surface area contributed by atoms with Gasteiger partial charge in [-0.25, -0.2) is 9.59 Å². The van der Waals surface area contributed by atoms with Gasteiger partial charge in [0.25, 0.3) is 5.56 Å². The van der Waals surface area contributed by atoms with Crippen LogP contribution in [-0.4, -0.2) is 32.3 Å². The van der Waals surface area contributed by atoms with E-state index in [-0.39, 0.29) is 0 Å². The molecule has 1 aromatic heterocycles. The van der Waals surface area contributed by atoms with Crippen LogP contribution in [0.15, 0.2) is 21.9 Å². The summed E-state index contributed by atoms with van der Waals surface area (Å²) in [5.74, 6) is -1.35. The molecule has 1 rings (SSSR count). The molecule has 0 spiro atoms. The number of nitrogens with zero attached hydrogens (tertiary/aromatic N) is 1. The third-order valence-corrected chi connectivity index (χ3v) is 1.64. The first-order valence-electron chi connectivity index (χ1n) is 3.71. The van der Waals surface area contributed by atoms with E-state index in [1.165, 1.54) is 0 Å². The van der Waals surface area contributed by atoms with Crippen LogP contribution in [0.4, 0.5) is 0 Å². The molecule has 0 saturated carbocycles. The maximum Gasteiger partial charge on any atom is 0.329 e. The van der Waals surface area contributed by atoms with Gasteiger partial charge in [0, 0.05) is 12.3 Å². The van der Waals surface area contributed by atoms with Crippen molar-refractivity contribution in [1.82, 2.24) is 9.55 Å². The van der Waals surface area contributed by atoms with Crippen LogP contribution in [0.1, 0.15) is 6.04 Å². The number of carboxylic acid groups (broad SMARTS) is 1. The van der Waals surface area contributed by atoms with Gasteiger partial charge in [0.2, 0.25) is 0 Å². The molecule has 0 amide bonds. The van der Waals surface area contributed by atoms with Crippen molar-refractivity contribution in [3.63, 3.8) is 0 Å². The number of nitrogens with one attached hydrogen (secondary N) is 1. The molecule has 1 unspecified atom stereocenters. The molecule has 1 heterocycles. The molecule has 0 saturated heterocycles. The van der Waals surface area contributed by atoms with Gasteiger partial charge in [-0.3, -0.25) is 14.3 Å². The fraction of sp³-hybridized carbons (Fsp3) is 0.286. The maximum atomic E-state index is 11.1. The second kappa shape index (κ2) is 3.88. The van der Waals surface area contributed by atoms with Crippen LogP contribution in [0.2, 0.25) is 0 Å². The average molecular weight is 200 g/mol. The standard InChI is InChI=1S/C7H8N2O5/c10-3-4(6(12)13)9-2-1-5(11)8-7(9)14/h1-2,4,10H,3H2,(H,12,13)(H,8,11,14). The molecular weight excluding hydrogens is 192 g/mol. The van der Waals surface area contributed by atoms with E-state index in [0.29, 0.717) is 0 Å². The number of hydrogen-bond acceptors (Lipinski definition) is 4. The zero-order chi connectivity index (χ0) is 10.7. The number of aliphatic hydroxyl groups excluding tert-OH is 1. The number of aliphatic hydroxyl groups is 1. The van der Waals surface area contributed by atoms with Gasteiger partial charge in [-0.1, -0.05) is 0 Å². The first kappa shape index (κ1) is 10.2. The Morgan fingerprint density at radius 2 is 2.21 bits per heavy atom. The second-order valence-corrected chi connectivity index (χ2v) is 2.55. The lowest BCUT2D eigenvalue weighted by atomic mass is 10.3. The third kappa shape index (κ3) is 1.88. The smallest absolute Gasteiger partial charge is 0.329 e. The molecule has 7 heteroatoms. The first-order valence-corrected chi connectivity index (χ1v) is 3.71. The molecule has 1 aromatic rings. The van der Waals surface area contributed by atoms with Crippen molar-refractivity contribution >= 4 is 5.97 Å². The van der Waals surface area contributed by atoms with E-state index in [2.05, 4.69) is 0 Å². The summed E-state index contributed by atoms with van der Waals surface area (Å²) in [4.78, 5) is 34.2. The molecule has 3 N–H and O–H groups in total. The molecule has 0 aliphatic heterocycles. The molecule has 0 radical (unpaired) electrons. The highest BCUT2D eigenvalue weighted by Crippen LogP contribution is 1.99. The molecule has 7 nitrogen and oxygen atoms in total. The Balaban J connectivity index is 3.24. The summed E-state index contributed by atoms with van der Waals surface area (Å²) in [5.41, 5.74) is -1.48. The zero-order valence-corrected chi connectivity index (χ0v) is 7.01. The van der Waals surface area contributed by atoms with Crippen molar-refractivity contribution < 1.29 is 15.0 Å². The number of aromatic nitrogens is 2. The van der Waals surface area contributed by atoms with Gasteiger partial charge >= 0.3 is 11.7 Å². The van der Waals surface area contributed by atoms with Crippen molar-refractivity contribution in [3.8, 4) is 0 Å². The molecular formula is C7H8N2O5. The number of hydrogen-bond donors (Lipinski definition) is 3. The lowest BCUT2D eigenvalue weighted by molar-refractivity contribution is -0.142. The van der Waals surface area contributed by atoms with Gasteiger partial charge in [0.05, 0.1) is 6.61 Å². The number of rotatable bonds is 3. The largest absolute Gasteiger partial charge is 0.480 e. The Morgan fingerprint density at radius 1 is 1.57 bits per heavy atom. The van der Waals surface area contributed by atoms with Gasteiger partial charge in [-0.2, -0.15) is 0 Å². The van der Waals surface area contributed by atoms with Crippen molar-refractivity contribution in [2.45, 2.75) is 6.04 Å². The highest BCUT2D eigenvalue weighted by Gasteiger charge is 2.19. The molecule has 0 aliphatic carbocycles. The summed E-state index contributed by atoms with van der Waals surface area (Å²) in [7, 11) is 0. The van der Waals surface area contributed by atoms with Crippen molar-refractivity contribution in [2.24, 2.45) is 0 Å². The lowest BCUT2D eigenvalue weighted by Gasteiger charge is -2.10. The summed E-state index contributed by atoms with van der Waals surface area (Å²) >= 11 is 0. The van der Waals surface area contributed by atoms with Gasteiger partial charge in [-0.05, 0) is 0 Å². The minimum atomic E-state index is -1.38. The molecule has 0 aliphatic rings. The fourth-order valence-corrected chi connectivity index (χ4v) is 0.958. The molecule has 1 atom stereocenters. The Kier molecular flexibility index (Phi) is 2.82. The number of carboxylic acids is 1. The van der Waals surface area contributed by atoms with Gasteiger partial charge in [0.15, 0.2) is 6.04 Å². The molecule has 76 valence electrons. The second-order valence-electron chi connectivity index (χ2n) is 2.55. The van der Waals surface area contributed by atoms with Crippen molar-refractivity contribution in [3.05, 3.63) is 33.1 Å². The van der Waals surface area contributed by atoms with Crippen LogP contribution >= 0.6 is 0 Å². The predicted octanol–water partition coefficient (Wildman–Crippen LogP) is -1.85. The third-order valence-electron chi connectivity index (χ3n) is 1.64. The van der Waals surface area contributed by atoms with E-state index < -0.39 is 29.9 Å².